The van der Waals surface area contributed by atoms with Gasteiger partial charge in [0.2, 0.25) is 5.91 Å². The largest absolute Gasteiger partial charge is 0.352 e. The van der Waals surface area contributed by atoms with Crippen LogP contribution in [-0.2, 0) is 22.7 Å². The molecular formula is C17H24N2O2. The van der Waals surface area contributed by atoms with E-state index in [1.54, 1.807) is 6.92 Å². The maximum atomic E-state index is 12.2. The summed E-state index contributed by atoms with van der Waals surface area (Å²) in [4.78, 5) is 23.5. The molecule has 1 aliphatic rings. The number of carbonyl (C=O) groups excluding carboxylic acids is 2. The van der Waals surface area contributed by atoms with Crippen molar-refractivity contribution >= 4 is 11.7 Å². The smallest absolute Gasteiger partial charge is 0.223 e. The van der Waals surface area contributed by atoms with E-state index in [1.165, 1.54) is 0 Å². The van der Waals surface area contributed by atoms with E-state index in [0.29, 0.717) is 13.1 Å². The van der Waals surface area contributed by atoms with E-state index < -0.39 is 0 Å². The van der Waals surface area contributed by atoms with Gasteiger partial charge >= 0.3 is 0 Å². The number of hydrogen-bond donors (Lipinski definition) is 2. The number of nitrogens with one attached hydrogen (secondary N) is 1. The van der Waals surface area contributed by atoms with Gasteiger partial charge in [-0.2, -0.15) is 0 Å². The van der Waals surface area contributed by atoms with E-state index in [4.69, 9.17) is 5.73 Å². The molecule has 1 aromatic carbocycles. The van der Waals surface area contributed by atoms with Crippen molar-refractivity contribution in [1.82, 2.24) is 5.32 Å². The van der Waals surface area contributed by atoms with Gasteiger partial charge in [-0.15, -0.1) is 0 Å². The number of rotatable bonds is 5. The van der Waals surface area contributed by atoms with Gasteiger partial charge in [-0.25, -0.2) is 0 Å². The Hall–Kier alpha value is -1.68. The highest BCUT2D eigenvalue weighted by atomic mass is 16.2. The number of Topliss-reactive ketones (excluding diaryl/α,β-unsaturated/α-hetero) is 1. The molecule has 0 aromatic heterocycles. The first-order valence-electron chi connectivity index (χ1n) is 7.66. The molecule has 0 aliphatic heterocycles. The lowest BCUT2D eigenvalue weighted by atomic mass is 9.80. The van der Waals surface area contributed by atoms with Crippen LogP contribution >= 0.6 is 0 Å². The molecule has 3 N–H and O–H groups in total. The first-order chi connectivity index (χ1) is 10.1. The predicted molar refractivity (Wildman–Crippen MR) is 82.3 cm³/mol. The van der Waals surface area contributed by atoms with Crippen molar-refractivity contribution < 1.29 is 9.59 Å². The minimum atomic E-state index is 0.0592. The molecule has 1 saturated carbocycles. The maximum absolute atomic E-state index is 12.2. The highest BCUT2D eigenvalue weighted by molar-refractivity contribution is 5.80. The summed E-state index contributed by atoms with van der Waals surface area (Å²) in [6, 6.07) is 7.96. The summed E-state index contributed by atoms with van der Waals surface area (Å²) in [6.07, 6.45) is 3.33. The molecule has 4 heteroatoms. The lowest BCUT2D eigenvalue weighted by Gasteiger charge is -2.26. The summed E-state index contributed by atoms with van der Waals surface area (Å²) in [5.74, 6) is 0.593. The van der Waals surface area contributed by atoms with E-state index in [0.717, 1.165) is 36.8 Å². The van der Waals surface area contributed by atoms with Crippen LogP contribution in [0.1, 0.15) is 43.7 Å². The minimum Gasteiger partial charge on any atom is -0.352 e. The van der Waals surface area contributed by atoms with Crippen LogP contribution in [0.15, 0.2) is 24.3 Å². The third-order valence-electron chi connectivity index (χ3n) is 4.40. The van der Waals surface area contributed by atoms with Crippen molar-refractivity contribution in [3.05, 3.63) is 35.4 Å². The first kappa shape index (κ1) is 15.7. The molecule has 21 heavy (non-hydrogen) atoms. The Morgan fingerprint density at radius 2 is 1.57 bits per heavy atom. The van der Waals surface area contributed by atoms with Gasteiger partial charge in [-0.3, -0.25) is 9.59 Å². The van der Waals surface area contributed by atoms with Crippen LogP contribution < -0.4 is 11.1 Å². The summed E-state index contributed by atoms with van der Waals surface area (Å²) in [5.41, 5.74) is 7.73. The van der Waals surface area contributed by atoms with Gasteiger partial charge in [-0.1, -0.05) is 24.3 Å². The first-order valence-corrected chi connectivity index (χ1v) is 7.66. The van der Waals surface area contributed by atoms with Crippen molar-refractivity contribution in [2.24, 2.45) is 17.6 Å². The zero-order chi connectivity index (χ0) is 15.2. The molecule has 1 aliphatic carbocycles. The van der Waals surface area contributed by atoms with Gasteiger partial charge in [0.05, 0.1) is 0 Å². The molecule has 0 bridgehead atoms. The Balaban J connectivity index is 1.78. The second-order valence-electron chi connectivity index (χ2n) is 5.90. The Morgan fingerprint density at radius 1 is 1.05 bits per heavy atom. The molecule has 114 valence electrons. The van der Waals surface area contributed by atoms with E-state index in [9.17, 15) is 9.59 Å². The average Bonchev–Trinajstić information content (AvgIpc) is 2.53. The summed E-state index contributed by atoms with van der Waals surface area (Å²) >= 11 is 0. The Kier molecular flexibility index (Phi) is 5.51. The van der Waals surface area contributed by atoms with Gasteiger partial charge in [0.1, 0.15) is 5.78 Å². The summed E-state index contributed by atoms with van der Waals surface area (Å²) in [5, 5.41) is 3.00. The van der Waals surface area contributed by atoms with Gasteiger partial charge in [-0.05, 0) is 43.7 Å². The van der Waals surface area contributed by atoms with Crippen molar-refractivity contribution in [3.63, 3.8) is 0 Å². The third-order valence-corrected chi connectivity index (χ3v) is 4.40. The third kappa shape index (κ3) is 4.39. The lowest BCUT2D eigenvalue weighted by Crippen LogP contribution is -2.33. The fourth-order valence-electron chi connectivity index (χ4n) is 2.89. The van der Waals surface area contributed by atoms with E-state index in [-0.39, 0.29) is 23.5 Å². The van der Waals surface area contributed by atoms with Crippen molar-refractivity contribution in [2.75, 3.05) is 0 Å². The summed E-state index contributed by atoms with van der Waals surface area (Å²) in [6.45, 7) is 2.73. The number of hydrogen-bond acceptors (Lipinski definition) is 3. The van der Waals surface area contributed by atoms with Crippen molar-refractivity contribution in [3.8, 4) is 0 Å². The number of benzene rings is 1. The molecule has 0 spiro atoms. The molecule has 1 amide bonds. The van der Waals surface area contributed by atoms with Gasteiger partial charge in [0.15, 0.2) is 0 Å². The molecule has 1 aromatic rings. The van der Waals surface area contributed by atoms with E-state index in [2.05, 4.69) is 5.32 Å². The molecule has 0 unspecified atom stereocenters. The van der Waals surface area contributed by atoms with Crippen molar-refractivity contribution in [2.45, 2.75) is 45.7 Å². The molecule has 0 atom stereocenters. The zero-order valence-electron chi connectivity index (χ0n) is 12.6. The van der Waals surface area contributed by atoms with Crippen LogP contribution in [0.5, 0.6) is 0 Å². The van der Waals surface area contributed by atoms with E-state index >= 15 is 0 Å². The predicted octanol–water partition coefficient (Wildman–Crippen LogP) is 2.16. The zero-order valence-corrected chi connectivity index (χ0v) is 12.6. The molecule has 1 fully saturated rings. The van der Waals surface area contributed by atoms with Gasteiger partial charge < -0.3 is 11.1 Å². The average molecular weight is 288 g/mol. The number of amides is 1. The SMILES string of the molecule is CC(=O)C1CCC(C(=O)NCc2ccc(CN)cc2)CC1. The van der Waals surface area contributed by atoms with Gasteiger partial charge in [0.25, 0.3) is 0 Å². The highest BCUT2D eigenvalue weighted by Crippen LogP contribution is 2.29. The molecule has 2 rings (SSSR count). The second-order valence-corrected chi connectivity index (χ2v) is 5.90. The second kappa shape index (κ2) is 7.36. The highest BCUT2D eigenvalue weighted by Gasteiger charge is 2.27. The molecule has 4 nitrogen and oxygen atoms in total. The van der Waals surface area contributed by atoms with Crippen LogP contribution in [0.25, 0.3) is 0 Å². The quantitative estimate of drug-likeness (QED) is 0.872. The Bertz CT molecular complexity index is 488. The van der Waals surface area contributed by atoms with Crippen molar-refractivity contribution in [1.29, 1.82) is 0 Å². The monoisotopic (exact) mass is 288 g/mol. The fourth-order valence-corrected chi connectivity index (χ4v) is 2.89. The molecule has 0 radical (unpaired) electrons. The van der Waals surface area contributed by atoms with E-state index in [1.807, 2.05) is 24.3 Å². The number of nitrogens with two attached hydrogens (primary N) is 1. The standard InChI is InChI=1S/C17H24N2O2/c1-12(20)15-6-8-16(9-7-15)17(21)19-11-14-4-2-13(10-18)3-5-14/h2-5,15-16H,6-11,18H2,1H3,(H,19,21). The topological polar surface area (TPSA) is 72.2 Å². The number of carbonyl (C=O) groups is 2. The molecule has 0 saturated heterocycles. The Morgan fingerprint density at radius 3 is 2.10 bits per heavy atom. The fraction of sp³-hybridized carbons (Fsp3) is 0.529. The summed E-state index contributed by atoms with van der Waals surface area (Å²) < 4.78 is 0. The van der Waals surface area contributed by atoms with Crippen LogP contribution in [0.2, 0.25) is 0 Å². The van der Waals surface area contributed by atoms with Crippen LogP contribution in [0.4, 0.5) is 0 Å². The Labute approximate surface area is 126 Å². The molecular weight excluding hydrogens is 264 g/mol. The van der Waals surface area contributed by atoms with Crippen LogP contribution in [0, 0.1) is 11.8 Å². The normalized spacial score (nSPS) is 21.8. The maximum Gasteiger partial charge on any atom is 0.223 e. The van der Waals surface area contributed by atoms with Gasteiger partial charge in [0, 0.05) is 24.9 Å². The minimum absolute atomic E-state index is 0.0592. The summed E-state index contributed by atoms with van der Waals surface area (Å²) in [7, 11) is 0. The van der Waals surface area contributed by atoms with Crippen LogP contribution in [-0.4, -0.2) is 11.7 Å². The molecule has 0 heterocycles. The van der Waals surface area contributed by atoms with Crippen LogP contribution in [0.3, 0.4) is 0 Å². The number of ketones is 1. The lowest BCUT2D eigenvalue weighted by molar-refractivity contribution is -0.128.